The van der Waals surface area contributed by atoms with E-state index in [-0.39, 0.29) is 29.0 Å². The van der Waals surface area contributed by atoms with Gasteiger partial charge in [0.2, 0.25) is 5.91 Å². The molecule has 2 atom stereocenters. The molecule has 0 spiro atoms. The summed E-state index contributed by atoms with van der Waals surface area (Å²) in [7, 11) is 0. The van der Waals surface area contributed by atoms with Crippen LogP contribution in [0.4, 0.5) is 10.1 Å². The van der Waals surface area contributed by atoms with Crippen LogP contribution in [0.15, 0.2) is 83.8 Å². The van der Waals surface area contributed by atoms with E-state index in [0.29, 0.717) is 17.1 Å². The number of nitrogens with one attached hydrogen (secondary N) is 2. The van der Waals surface area contributed by atoms with Gasteiger partial charge in [-0.3, -0.25) is 9.59 Å². The first kappa shape index (κ1) is 26.0. The number of anilines is 1. The van der Waals surface area contributed by atoms with Gasteiger partial charge in [0.1, 0.15) is 5.82 Å². The normalized spacial score (nSPS) is 12.3. The smallest absolute Gasteiger partial charge is 0.340 e. The molecule has 2 unspecified atom stereocenters. The lowest BCUT2D eigenvalue weighted by atomic mass is 10.0. The molecule has 0 fully saturated rings. The minimum absolute atomic E-state index is 0.0368. The first-order valence-electron chi connectivity index (χ1n) is 11.1. The van der Waals surface area contributed by atoms with Gasteiger partial charge < -0.3 is 15.4 Å². The van der Waals surface area contributed by atoms with Gasteiger partial charge in [-0.15, -0.1) is 11.8 Å². The summed E-state index contributed by atoms with van der Waals surface area (Å²) in [4.78, 5) is 38.0. The predicted octanol–water partition coefficient (Wildman–Crippen LogP) is 5.02. The fourth-order valence-corrected chi connectivity index (χ4v) is 4.05. The van der Waals surface area contributed by atoms with Crippen LogP contribution >= 0.6 is 11.8 Å². The number of ether oxygens (including phenoxy) is 1. The minimum atomic E-state index is -0.981. The Labute approximate surface area is 208 Å². The summed E-state index contributed by atoms with van der Waals surface area (Å²) < 4.78 is 18.4. The van der Waals surface area contributed by atoms with Crippen LogP contribution in [0.2, 0.25) is 0 Å². The first-order chi connectivity index (χ1) is 16.8. The molecule has 35 heavy (non-hydrogen) atoms. The number of amides is 2. The third-order valence-corrected chi connectivity index (χ3v) is 6.27. The van der Waals surface area contributed by atoms with Gasteiger partial charge in [-0.25, -0.2) is 9.18 Å². The predicted molar refractivity (Wildman–Crippen MR) is 135 cm³/mol. The molecular weight excluding hydrogens is 467 g/mol. The number of carbonyl (C=O) groups excluding carboxylic acids is 3. The monoisotopic (exact) mass is 494 g/mol. The maximum Gasteiger partial charge on any atom is 0.340 e. The van der Waals surface area contributed by atoms with Crippen molar-refractivity contribution < 1.29 is 23.5 Å². The van der Waals surface area contributed by atoms with Crippen LogP contribution in [0.25, 0.3) is 0 Å². The van der Waals surface area contributed by atoms with Crippen LogP contribution in [0.3, 0.4) is 0 Å². The van der Waals surface area contributed by atoms with Crippen LogP contribution in [-0.4, -0.2) is 36.2 Å². The number of hydrogen-bond acceptors (Lipinski definition) is 5. The molecule has 0 heterocycles. The average Bonchev–Trinajstić information content (AvgIpc) is 2.87. The van der Waals surface area contributed by atoms with E-state index < -0.39 is 17.9 Å². The molecule has 0 bridgehead atoms. The number of esters is 1. The molecule has 182 valence electrons. The molecule has 0 aromatic heterocycles. The second-order valence-corrected chi connectivity index (χ2v) is 8.96. The molecule has 0 saturated heterocycles. The maximum atomic E-state index is 13.0. The third kappa shape index (κ3) is 7.96. The largest absolute Gasteiger partial charge is 0.449 e. The molecular formula is C27H27FN2O4S. The standard InChI is InChI=1S/C27H27FN2O4S/c1-18(20-8-4-3-5-9-20)16-29-26(32)19(2)34-27(33)23-10-6-7-11-24(23)35-17-25(31)30-22-14-12-21(28)13-15-22/h3-15,18-19H,16-17H2,1-2H3,(H,29,32)(H,30,31). The molecule has 8 heteroatoms. The highest BCUT2D eigenvalue weighted by Gasteiger charge is 2.21. The number of hydrogen-bond donors (Lipinski definition) is 2. The Bertz CT molecular complexity index is 1160. The number of carbonyl (C=O) groups is 3. The van der Waals surface area contributed by atoms with Gasteiger partial charge in [0.15, 0.2) is 6.10 Å². The van der Waals surface area contributed by atoms with E-state index >= 15 is 0 Å². The lowest BCUT2D eigenvalue weighted by Crippen LogP contribution is -2.37. The van der Waals surface area contributed by atoms with Gasteiger partial charge in [0, 0.05) is 17.1 Å². The molecule has 3 aromatic carbocycles. The van der Waals surface area contributed by atoms with E-state index in [1.807, 2.05) is 37.3 Å². The van der Waals surface area contributed by atoms with Crippen LogP contribution in [0.5, 0.6) is 0 Å². The first-order valence-corrected chi connectivity index (χ1v) is 12.1. The number of rotatable bonds is 10. The van der Waals surface area contributed by atoms with E-state index in [4.69, 9.17) is 4.74 Å². The Balaban J connectivity index is 1.52. The summed E-state index contributed by atoms with van der Waals surface area (Å²) in [6, 6.07) is 22.0. The van der Waals surface area contributed by atoms with Crippen molar-refractivity contribution in [3.8, 4) is 0 Å². The lowest BCUT2D eigenvalue weighted by molar-refractivity contribution is -0.129. The van der Waals surface area contributed by atoms with Crippen molar-refractivity contribution in [2.45, 2.75) is 30.8 Å². The summed E-state index contributed by atoms with van der Waals surface area (Å²) in [5, 5.41) is 5.50. The van der Waals surface area contributed by atoms with E-state index in [9.17, 15) is 18.8 Å². The quantitative estimate of drug-likeness (QED) is 0.305. The van der Waals surface area contributed by atoms with E-state index in [1.54, 1.807) is 24.3 Å². The van der Waals surface area contributed by atoms with Crippen molar-refractivity contribution in [1.82, 2.24) is 5.32 Å². The number of halogens is 1. The zero-order valence-corrected chi connectivity index (χ0v) is 20.3. The summed E-state index contributed by atoms with van der Waals surface area (Å²) in [5.74, 6) is -1.57. The molecule has 0 aliphatic heterocycles. The van der Waals surface area contributed by atoms with Crippen LogP contribution in [0.1, 0.15) is 35.7 Å². The van der Waals surface area contributed by atoms with Gasteiger partial charge in [0.05, 0.1) is 11.3 Å². The highest BCUT2D eigenvalue weighted by molar-refractivity contribution is 8.00. The van der Waals surface area contributed by atoms with Crippen molar-refractivity contribution in [1.29, 1.82) is 0 Å². The molecule has 0 aliphatic carbocycles. The fraction of sp³-hybridized carbons (Fsp3) is 0.222. The van der Waals surface area contributed by atoms with Gasteiger partial charge in [-0.2, -0.15) is 0 Å². The van der Waals surface area contributed by atoms with Crippen LogP contribution < -0.4 is 10.6 Å². The van der Waals surface area contributed by atoms with Crippen LogP contribution in [-0.2, 0) is 14.3 Å². The van der Waals surface area contributed by atoms with E-state index in [0.717, 1.165) is 5.56 Å². The van der Waals surface area contributed by atoms with Crippen molar-refractivity contribution >= 4 is 35.2 Å². The highest BCUT2D eigenvalue weighted by Crippen LogP contribution is 2.24. The van der Waals surface area contributed by atoms with E-state index in [1.165, 1.54) is 43.0 Å². The molecule has 0 saturated carbocycles. The van der Waals surface area contributed by atoms with Gasteiger partial charge in [-0.05, 0) is 54.8 Å². The van der Waals surface area contributed by atoms with Gasteiger partial charge in [-0.1, -0.05) is 49.4 Å². The Morgan fingerprint density at radius 2 is 1.57 bits per heavy atom. The molecule has 6 nitrogen and oxygen atoms in total. The number of thioether (sulfide) groups is 1. The van der Waals surface area contributed by atoms with Crippen molar-refractivity contribution in [3.05, 3.63) is 95.8 Å². The van der Waals surface area contributed by atoms with Crippen molar-refractivity contribution in [3.63, 3.8) is 0 Å². The minimum Gasteiger partial charge on any atom is -0.449 e. The fourth-order valence-electron chi connectivity index (χ4n) is 3.21. The van der Waals surface area contributed by atoms with Gasteiger partial charge >= 0.3 is 5.97 Å². The molecule has 3 rings (SSSR count). The Hall–Kier alpha value is -3.65. The Morgan fingerprint density at radius 3 is 2.29 bits per heavy atom. The van der Waals surface area contributed by atoms with Crippen LogP contribution in [0, 0.1) is 5.82 Å². The van der Waals surface area contributed by atoms with E-state index in [2.05, 4.69) is 10.6 Å². The Morgan fingerprint density at radius 1 is 0.914 bits per heavy atom. The van der Waals surface area contributed by atoms with Crippen molar-refractivity contribution in [2.24, 2.45) is 0 Å². The second-order valence-electron chi connectivity index (χ2n) is 7.94. The highest BCUT2D eigenvalue weighted by atomic mass is 32.2. The van der Waals surface area contributed by atoms with Crippen molar-refractivity contribution in [2.75, 3.05) is 17.6 Å². The lowest BCUT2D eigenvalue weighted by Gasteiger charge is -2.17. The Kier molecular flexibility index (Phi) is 9.43. The molecule has 0 radical (unpaired) electrons. The topological polar surface area (TPSA) is 84.5 Å². The average molecular weight is 495 g/mol. The molecule has 2 amide bonds. The molecule has 0 aliphatic rings. The zero-order chi connectivity index (χ0) is 25.2. The SMILES string of the molecule is CC(OC(=O)c1ccccc1SCC(=O)Nc1ccc(F)cc1)C(=O)NCC(C)c1ccccc1. The second kappa shape index (κ2) is 12.7. The summed E-state index contributed by atoms with van der Waals surface area (Å²) in [5.41, 5.74) is 1.85. The number of benzene rings is 3. The molecule has 3 aromatic rings. The maximum absolute atomic E-state index is 13.0. The van der Waals surface area contributed by atoms with Gasteiger partial charge in [0.25, 0.3) is 5.91 Å². The third-order valence-electron chi connectivity index (χ3n) is 5.20. The molecule has 2 N–H and O–H groups in total. The summed E-state index contributed by atoms with van der Waals surface area (Å²) >= 11 is 1.17. The zero-order valence-electron chi connectivity index (χ0n) is 19.5. The summed E-state index contributed by atoms with van der Waals surface area (Å²) in [6.45, 7) is 3.94. The summed E-state index contributed by atoms with van der Waals surface area (Å²) in [6.07, 6.45) is -0.981.